The van der Waals surface area contributed by atoms with Gasteiger partial charge in [-0.2, -0.15) is 0 Å². The standard InChI is InChI=1S/C22H19N5O3/c23-15-3-1-2-12(9-15)17-10-24-20(25-17)13-4-5-16-14(8-13)11-27(22(16)30)18-6-7-19(28)26-21(18)29/h1-5,8-10,18H,6-7,11,23H2,(H,24,25)(H,26,28,29). The third-order valence-corrected chi connectivity index (χ3v) is 5.57. The maximum Gasteiger partial charge on any atom is 0.255 e. The van der Waals surface area contributed by atoms with Crippen LogP contribution in [0, 0.1) is 0 Å². The van der Waals surface area contributed by atoms with Gasteiger partial charge in [-0.1, -0.05) is 18.2 Å². The Morgan fingerprint density at radius 2 is 1.93 bits per heavy atom. The molecule has 0 saturated carbocycles. The quantitative estimate of drug-likeness (QED) is 0.458. The molecule has 0 bridgehead atoms. The van der Waals surface area contributed by atoms with Crippen LogP contribution in [0.5, 0.6) is 0 Å². The highest BCUT2D eigenvalue weighted by Crippen LogP contribution is 2.31. The minimum atomic E-state index is -0.621. The van der Waals surface area contributed by atoms with Gasteiger partial charge in [0, 0.05) is 35.3 Å². The zero-order valence-electron chi connectivity index (χ0n) is 16.0. The highest BCUT2D eigenvalue weighted by Gasteiger charge is 2.39. The first kappa shape index (κ1) is 18.1. The SMILES string of the molecule is Nc1cccc(-c2cnc(-c3ccc4c(c3)CN(C3CCC(=O)NC3=O)C4=O)[nH]2)c1. The molecule has 8 heteroatoms. The number of carbonyl (C=O) groups excluding carboxylic acids is 3. The molecule has 30 heavy (non-hydrogen) atoms. The Morgan fingerprint density at radius 1 is 1.07 bits per heavy atom. The lowest BCUT2D eigenvalue weighted by molar-refractivity contribution is -0.136. The van der Waals surface area contributed by atoms with Crippen LogP contribution in [0.25, 0.3) is 22.6 Å². The zero-order valence-corrected chi connectivity index (χ0v) is 16.0. The number of rotatable bonds is 3. The van der Waals surface area contributed by atoms with Gasteiger partial charge in [0.2, 0.25) is 11.8 Å². The monoisotopic (exact) mass is 401 g/mol. The molecule has 0 spiro atoms. The number of H-pyrrole nitrogens is 1. The number of nitrogens with two attached hydrogens (primary N) is 1. The summed E-state index contributed by atoms with van der Waals surface area (Å²) in [5, 5.41) is 2.32. The summed E-state index contributed by atoms with van der Waals surface area (Å²) in [5.74, 6) is -0.213. The van der Waals surface area contributed by atoms with Crippen LogP contribution in [-0.2, 0) is 16.1 Å². The van der Waals surface area contributed by atoms with Crippen molar-refractivity contribution in [1.82, 2.24) is 20.2 Å². The first-order valence-corrected chi connectivity index (χ1v) is 9.68. The van der Waals surface area contributed by atoms with Gasteiger partial charge in [-0.25, -0.2) is 4.98 Å². The van der Waals surface area contributed by atoms with Gasteiger partial charge in [-0.15, -0.1) is 0 Å². The minimum Gasteiger partial charge on any atom is -0.399 e. The highest BCUT2D eigenvalue weighted by atomic mass is 16.2. The van der Waals surface area contributed by atoms with Crippen LogP contribution in [0.2, 0.25) is 0 Å². The van der Waals surface area contributed by atoms with E-state index in [0.717, 1.165) is 22.4 Å². The Labute approximate surface area is 172 Å². The van der Waals surface area contributed by atoms with Crippen molar-refractivity contribution in [3.8, 4) is 22.6 Å². The number of hydrogen-bond donors (Lipinski definition) is 3. The summed E-state index contributed by atoms with van der Waals surface area (Å²) < 4.78 is 0. The molecule has 8 nitrogen and oxygen atoms in total. The summed E-state index contributed by atoms with van der Waals surface area (Å²) in [7, 11) is 0. The van der Waals surface area contributed by atoms with Crippen molar-refractivity contribution in [2.24, 2.45) is 0 Å². The molecule has 3 amide bonds. The first-order chi connectivity index (χ1) is 14.5. The van der Waals surface area contributed by atoms with Gasteiger partial charge >= 0.3 is 0 Å². The number of benzene rings is 2. The number of aromatic nitrogens is 2. The first-order valence-electron chi connectivity index (χ1n) is 9.68. The van der Waals surface area contributed by atoms with Crippen LogP contribution in [0.1, 0.15) is 28.8 Å². The fraction of sp³-hybridized carbons (Fsp3) is 0.182. The number of amides is 3. The third-order valence-electron chi connectivity index (χ3n) is 5.57. The van der Waals surface area contributed by atoms with Gasteiger partial charge in [-0.3, -0.25) is 19.7 Å². The number of anilines is 1. The molecular formula is C22H19N5O3. The van der Waals surface area contributed by atoms with Gasteiger partial charge in [0.05, 0.1) is 11.9 Å². The molecule has 4 N–H and O–H groups in total. The molecule has 1 saturated heterocycles. The van der Waals surface area contributed by atoms with Crippen molar-refractivity contribution in [3.05, 3.63) is 59.8 Å². The van der Waals surface area contributed by atoms with E-state index in [4.69, 9.17) is 5.73 Å². The molecule has 0 radical (unpaired) electrons. The van der Waals surface area contributed by atoms with E-state index >= 15 is 0 Å². The molecule has 3 heterocycles. The van der Waals surface area contributed by atoms with E-state index in [0.29, 0.717) is 30.0 Å². The molecule has 150 valence electrons. The molecule has 3 aromatic rings. The fourth-order valence-corrected chi connectivity index (χ4v) is 4.04. The van der Waals surface area contributed by atoms with E-state index in [1.165, 1.54) is 4.90 Å². The molecule has 5 rings (SSSR count). The van der Waals surface area contributed by atoms with Crippen LogP contribution >= 0.6 is 0 Å². The normalized spacial score (nSPS) is 18.5. The summed E-state index contributed by atoms with van der Waals surface area (Å²) in [4.78, 5) is 45.7. The smallest absolute Gasteiger partial charge is 0.255 e. The summed E-state index contributed by atoms with van der Waals surface area (Å²) in [6.45, 7) is 0.330. The summed E-state index contributed by atoms with van der Waals surface area (Å²) in [6.07, 6.45) is 2.33. The number of nitrogen functional groups attached to an aromatic ring is 1. The Balaban J connectivity index is 1.41. The second kappa shape index (κ2) is 6.84. The minimum absolute atomic E-state index is 0.189. The third kappa shape index (κ3) is 3.02. The van der Waals surface area contributed by atoms with E-state index in [1.54, 1.807) is 12.3 Å². The number of fused-ring (bicyclic) bond motifs is 1. The number of carbonyl (C=O) groups is 3. The lowest BCUT2D eigenvalue weighted by Crippen LogP contribution is -2.52. The number of hydrogen-bond acceptors (Lipinski definition) is 5. The van der Waals surface area contributed by atoms with Gasteiger partial charge < -0.3 is 15.6 Å². The summed E-state index contributed by atoms with van der Waals surface area (Å²) in [5.41, 5.74) is 10.6. The van der Waals surface area contributed by atoms with E-state index in [2.05, 4.69) is 15.3 Å². The molecule has 1 fully saturated rings. The van der Waals surface area contributed by atoms with E-state index < -0.39 is 11.9 Å². The van der Waals surface area contributed by atoms with Crippen LogP contribution in [0.4, 0.5) is 5.69 Å². The Hall–Kier alpha value is -3.94. The molecule has 2 aromatic carbocycles. The van der Waals surface area contributed by atoms with Crippen molar-refractivity contribution >= 4 is 23.4 Å². The maximum absolute atomic E-state index is 12.8. The second-order valence-electron chi connectivity index (χ2n) is 7.54. The largest absolute Gasteiger partial charge is 0.399 e. The van der Waals surface area contributed by atoms with Crippen molar-refractivity contribution in [3.63, 3.8) is 0 Å². The van der Waals surface area contributed by atoms with E-state index in [1.807, 2.05) is 36.4 Å². The van der Waals surface area contributed by atoms with Gasteiger partial charge in [0.25, 0.3) is 5.91 Å². The molecule has 1 aromatic heterocycles. The van der Waals surface area contributed by atoms with Crippen LogP contribution in [0.3, 0.4) is 0 Å². The maximum atomic E-state index is 12.8. The Morgan fingerprint density at radius 3 is 2.73 bits per heavy atom. The lowest BCUT2D eigenvalue weighted by Gasteiger charge is -2.29. The number of piperidine rings is 1. The van der Waals surface area contributed by atoms with Crippen molar-refractivity contribution in [2.75, 3.05) is 5.73 Å². The molecule has 2 aliphatic heterocycles. The molecule has 1 atom stereocenters. The molecular weight excluding hydrogens is 382 g/mol. The van der Waals surface area contributed by atoms with Gasteiger partial charge in [-0.05, 0) is 36.2 Å². The Kier molecular flexibility index (Phi) is 4.13. The predicted octanol–water partition coefficient (Wildman–Crippen LogP) is 2.09. The molecule has 0 aliphatic carbocycles. The van der Waals surface area contributed by atoms with E-state index in [9.17, 15) is 14.4 Å². The van der Waals surface area contributed by atoms with Crippen molar-refractivity contribution in [1.29, 1.82) is 0 Å². The van der Waals surface area contributed by atoms with Crippen molar-refractivity contribution < 1.29 is 14.4 Å². The summed E-state index contributed by atoms with van der Waals surface area (Å²) >= 11 is 0. The number of imidazole rings is 1. The van der Waals surface area contributed by atoms with E-state index in [-0.39, 0.29) is 18.2 Å². The van der Waals surface area contributed by atoms with Crippen LogP contribution in [-0.4, -0.2) is 38.6 Å². The summed E-state index contributed by atoms with van der Waals surface area (Å²) in [6, 6.07) is 12.4. The number of aromatic amines is 1. The Bertz CT molecular complexity index is 1200. The average molecular weight is 401 g/mol. The fourth-order valence-electron chi connectivity index (χ4n) is 4.04. The zero-order chi connectivity index (χ0) is 20.8. The van der Waals surface area contributed by atoms with Crippen LogP contribution < -0.4 is 11.1 Å². The number of imide groups is 1. The molecule has 1 unspecified atom stereocenters. The molecule has 2 aliphatic rings. The predicted molar refractivity (Wildman–Crippen MR) is 110 cm³/mol. The van der Waals surface area contributed by atoms with Crippen molar-refractivity contribution in [2.45, 2.75) is 25.4 Å². The van der Waals surface area contributed by atoms with Crippen LogP contribution in [0.15, 0.2) is 48.7 Å². The lowest BCUT2D eigenvalue weighted by atomic mass is 10.0. The van der Waals surface area contributed by atoms with Gasteiger partial charge in [0.1, 0.15) is 11.9 Å². The van der Waals surface area contributed by atoms with Gasteiger partial charge in [0.15, 0.2) is 0 Å². The topological polar surface area (TPSA) is 121 Å². The number of nitrogens with one attached hydrogen (secondary N) is 2. The highest BCUT2D eigenvalue weighted by molar-refractivity contribution is 6.05. The second-order valence-corrected chi connectivity index (χ2v) is 7.54. The number of nitrogens with zero attached hydrogens (tertiary/aromatic N) is 2. The average Bonchev–Trinajstić information content (AvgIpc) is 3.33.